The van der Waals surface area contributed by atoms with Gasteiger partial charge in [-0.05, 0) is 5.92 Å². The molecule has 1 amide bonds. The van der Waals surface area contributed by atoms with Crippen LogP contribution in [-0.2, 0) is 9.59 Å². The van der Waals surface area contributed by atoms with Crippen LogP contribution in [0.2, 0.25) is 0 Å². The van der Waals surface area contributed by atoms with E-state index in [1.165, 1.54) is 4.90 Å². The van der Waals surface area contributed by atoms with Crippen LogP contribution in [0.1, 0.15) is 20.3 Å². The molecule has 1 heterocycles. The van der Waals surface area contributed by atoms with Gasteiger partial charge in [0, 0.05) is 30.5 Å². The van der Waals surface area contributed by atoms with E-state index in [2.05, 4.69) is 0 Å². The SMILES string of the molecule is CC(C)C(N)CC(=O)N1CCSCC1C(=O)O. The van der Waals surface area contributed by atoms with Crippen LogP contribution in [0.3, 0.4) is 0 Å². The fourth-order valence-electron chi connectivity index (χ4n) is 1.66. The van der Waals surface area contributed by atoms with Crippen LogP contribution in [-0.4, -0.2) is 52.0 Å². The Labute approximate surface area is 106 Å². The minimum absolute atomic E-state index is 0.140. The van der Waals surface area contributed by atoms with Gasteiger partial charge in [0.1, 0.15) is 6.04 Å². The summed E-state index contributed by atoms with van der Waals surface area (Å²) in [5.74, 6) is 0.425. The fourth-order valence-corrected chi connectivity index (χ4v) is 2.70. The minimum Gasteiger partial charge on any atom is -0.480 e. The normalized spacial score (nSPS) is 22.6. The average Bonchev–Trinajstić information content (AvgIpc) is 2.28. The van der Waals surface area contributed by atoms with Crippen molar-refractivity contribution in [3.63, 3.8) is 0 Å². The Morgan fingerprint density at radius 2 is 2.18 bits per heavy atom. The molecule has 0 aromatic carbocycles. The number of carboxylic acid groups (broad SMARTS) is 1. The highest BCUT2D eigenvalue weighted by molar-refractivity contribution is 7.99. The lowest BCUT2D eigenvalue weighted by atomic mass is 10.0. The van der Waals surface area contributed by atoms with Crippen molar-refractivity contribution in [2.24, 2.45) is 11.7 Å². The molecule has 17 heavy (non-hydrogen) atoms. The van der Waals surface area contributed by atoms with Crippen molar-refractivity contribution in [3.8, 4) is 0 Å². The zero-order valence-corrected chi connectivity index (χ0v) is 11.1. The molecule has 2 atom stereocenters. The van der Waals surface area contributed by atoms with Gasteiger partial charge in [-0.15, -0.1) is 0 Å². The van der Waals surface area contributed by atoms with Crippen LogP contribution in [0.15, 0.2) is 0 Å². The van der Waals surface area contributed by atoms with Gasteiger partial charge in [0.2, 0.25) is 5.91 Å². The highest BCUT2D eigenvalue weighted by Crippen LogP contribution is 2.18. The number of carbonyl (C=O) groups excluding carboxylic acids is 1. The molecular weight excluding hydrogens is 240 g/mol. The molecule has 0 radical (unpaired) electrons. The Kier molecular flexibility index (Phi) is 5.27. The highest BCUT2D eigenvalue weighted by atomic mass is 32.2. The molecule has 5 nitrogen and oxygen atoms in total. The average molecular weight is 260 g/mol. The van der Waals surface area contributed by atoms with Crippen molar-refractivity contribution in [1.82, 2.24) is 4.90 Å². The molecule has 1 fully saturated rings. The maximum absolute atomic E-state index is 12.0. The summed E-state index contributed by atoms with van der Waals surface area (Å²) >= 11 is 1.57. The van der Waals surface area contributed by atoms with Crippen molar-refractivity contribution in [1.29, 1.82) is 0 Å². The van der Waals surface area contributed by atoms with E-state index >= 15 is 0 Å². The zero-order valence-electron chi connectivity index (χ0n) is 10.3. The van der Waals surface area contributed by atoms with Crippen molar-refractivity contribution in [3.05, 3.63) is 0 Å². The summed E-state index contributed by atoms with van der Waals surface area (Å²) in [6, 6.07) is -0.896. The second kappa shape index (κ2) is 6.26. The van der Waals surface area contributed by atoms with Gasteiger partial charge in [-0.25, -0.2) is 4.79 Å². The number of aliphatic carboxylic acids is 1. The molecule has 0 aromatic heterocycles. The first kappa shape index (κ1) is 14.3. The van der Waals surface area contributed by atoms with E-state index in [4.69, 9.17) is 10.8 Å². The Balaban J connectivity index is 2.62. The van der Waals surface area contributed by atoms with E-state index in [-0.39, 0.29) is 24.3 Å². The molecule has 2 unspecified atom stereocenters. The molecule has 0 bridgehead atoms. The third-order valence-corrected chi connectivity index (χ3v) is 4.02. The lowest BCUT2D eigenvalue weighted by Gasteiger charge is -2.33. The van der Waals surface area contributed by atoms with Crippen molar-refractivity contribution in [2.45, 2.75) is 32.4 Å². The summed E-state index contributed by atoms with van der Waals surface area (Å²) in [6.45, 7) is 4.42. The molecular formula is C11H20N2O3S. The van der Waals surface area contributed by atoms with E-state index in [0.29, 0.717) is 12.3 Å². The van der Waals surface area contributed by atoms with Gasteiger partial charge < -0.3 is 15.7 Å². The predicted octanol–water partition coefficient (Wildman–Crippen LogP) is 0.388. The van der Waals surface area contributed by atoms with Crippen LogP contribution < -0.4 is 5.73 Å². The number of hydrogen-bond donors (Lipinski definition) is 2. The summed E-state index contributed by atoms with van der Waals surface area (Å²) in [4.78, 5) is 24.5. The lowest BCUT2D eigenvalue weighted by molar-refractivity contribution is -0.149. The number of thioether (sulfide) groups is 1. The monoisotopic (exact) mass is 260 g/mol. The summed E-state index contributed by atoms with van der Waals surface area (Å²) in [5.41, 5.74) is 5.85. The van der Waals surface area contributed by atoms with E-state index < -0.39 is 12.0 Å². The number of rotatable bonds is 4. The van der Waals surface area contributed by atoms with Crippen molar-refractivity contribution >= 4 is 23.6 Å². The molecule has 1 aliphatic heterocycles. The van der Waals surface area contributed by atoms with Gasteiger partial charge in [-0.2, -0.15) is 11.8 Å². The zero-order chi connectivity index (χ0) is 13.0. The van der Waals surface area contributed by atoms with Gasteiger partial charge in [-0.3, -0.25) is 4.79 Å². The fraction of sp³-hybridized carbons (Fsp3) is 0.818. The molecule has 0 spiro atoms. The predicted molar refractivity (Wildman–Crippen MR) is 67.9 cm³/mol. The summed E-state index contributed by atoms with van der Waals surface area (Å²) in [7, 11) is 0. The maximum atomic E-state index is 12.0. The quantitative estimate of drug-likeness (QED) is 0.764. The second-order valence-corrected chi connectivity index (χ2v) is 5.78. The first-order valence-corrected chi connectivity index (χ1v) is 6.94. The molecule has 6 heteroatoms. The number of carboxylic acids is 1. The highest BCUT2D eigenvalue weighted by Gasteiger charge is 2.32. The van der Waals surface area contributed by atoms with Gasteiger partial charge in [-0.1, -0.05) is 13.8 Å². The van der Waals surface area contributed by atoms with E-state index in [1.54, 1.807) is 11.8 Å². The summed E-state index contributed by atoms with van der Waals surface area (Å²) in [6.07, 6.45) is 0.228. The Morgan fingerprint density at radius 1 is 1.53 bits per heavy atom. The molecule has 0 aromatic rings. The molecule has 98 valence electrons. The molecule has 1 rings (SSSR count). The van der Waals surface area contributed by atoms with Crippen LogP contribution in [0, 0.1) is 5.92 Å². The van der Waals surface area contributed by atoms with Crippen molar-refractivity contribution in [2.75, 3.05) is 18.1 Å². The van der Waals surface area contributed by atoms with Crippen LogP contribution >= 0.6 is 11.8 Å². The molecule has 1 saturated heterocycles. The molecule has 0 aliphatic carbocycles. The standard InChI is InChI=1S/C11H20N2O3S/c1-7(2)8(12)5-10(14)13-3-4-17-6-9(13)11(15)16/h7-9H,3-6,12H2,1-2H3,(H,15,16). The lowest BCUT2D eigenvalue weighted by Crippen LogP contribution is -2.51. The Bertz CT molecular complexity index is 296. The van der Waals surface area contributed by atoms with Crippen LogP contribution in [0.5, 0.6) is 0 Å². The third kappa shape index (κ3) is 3.89. The largest absolute Gasteiger partial charge is 0.480 e. The van der Waals surface area contributed by atoms with Crippen LogP contribution in [0.4, 0.5) is 0 Å². The van der Waals surface area contributed by atoms with Crippen molar-refractivity contribution < 1.29 is 14.7 Å². The molecule has 3 N–H and O–H groups in total. The Hall–Kier alpha value is -0.750. The molecule has 0 saturated carbocycles. The van der Waals surface area contributed by atoms with Gasteiger partial charge in [0.15, 0.2) is 0 Å². The first-order valence-electron chi connectivity index (χ1n) is 5.79. The summed E-state index contributed by atoms with van der Waals surface area (Å²) < 4.78 is 0. The number of nitrogens with zero attached hydrogens (tertiary/aromatic N) is 1. The third-order valence-electron chi connectivity index (χ3n) is 3.00. The Morgan fingerprint density at radius 3 is 2.71 bits per heavy atom. The van der Waals surface area contributed by atoms with Crippen LogP contribution in [0.25, 0.3) is 0 Å². The van der Waals surface area contributed by atoms with Gasteiger partial charge in [0.25, 0.3) is 0 Å². The molecule has 1 aliphatic rings. The summed E-state index contributed by atoms with van der Waals surface area (Å²) in [5, 5.41) is 9.06. The number of nitrogens with two attached hydrogens (primary N) is 1. The second-order valence-electron chi connectivity index (χ2n) is 4.63. The first-order chi connectivity index (χ1) is 7.93. The van der Waals surface area contributed by atoms with E-state index in [0.717, 1.165) is 5.75 Å². The van der Waals surface area contributed by atoms with E-state index in [1.807, 2.05) is 13.8 Å². The van der Waals surface area contributed by atoms with Gasteiger partial charge >= 0.3 is 5.97 Å². The maximum Gasteiger partial charge on any atom is 0.327 e. The number of amides is 1. The smallest absolute Gasteiger partial charge is 0.327 e. The van der Waals surface area contributed by atoms with E-state index in [9.17, 15) is 9.59 Å². The minimum atomic E-state index is -0.927. The number of hydrogen-bond acceptors (Lipinski definition) is 4. The topological polar surface area (TPSA) is 83.6 Å². The number of carbonyl (C=O) groups is 2. The van der Waals surface area contributed by atoms with Gasteiger partial charge in [0.05, 0.1) is 0 Å².